The molecular weight excluding hydrogens is 423 g/mol. The van der Waals surface area contributed by atoms with Crippen molar-refractivity contribution >= 4 is 40.1 Å². The van der Waals surface area contributed by atoms with E-state index >= 15 is 0 Å². The lowest BCUT2D eigenvalue weighted by Crippen LogP contribution is -2.53. The number of H-pyrrole nitrogens is 1. The molecule has 0 saturated heterocycles. The highest BCUT2D eigenvalue weighted by atomic mass is 35.5. The molecule has 0 fully saturated rings. The number of aromatic amines is 1. The molecule has 7 nitrogen and oxygen atoms in total. The van der Waals surface area contributed by atoms with Crippen LogP contribution in [0.2, 0.25) is 5.02 Å². The number of carbonyl (C=O) groups excluding carboxylic acids is 2. The monoisotopic (exact) mass is 444 g/mol. The zero-order chi connectivity index (χ0) is 22.2. The Bertz CT molecular complexity index is 1160. The van der Waals surface area contributed by atoms with E-state index in [2.05, 4.69) is 15.3 Å². The number of nitrogens with one attached hydrogen (secondary N) is 2. The summed E-state index contributed by atoms with van der Waals surface area (Å²) in [5, 5.41) is 3.31. The summed E-state index contributed by atoms with van der Waals surface area (Å²) in [5.41, 5.74) is 0.817. The lowest BCUT2D eigenvalue weighted by atomic mass is 10.0. The van der Waals surface area contributed by atoms with E-state index in [9.17, 15) is 14.0 Å². The average molecular weight is 445 g/mol. The summed E-state index contributed by atoms with van der Waals surface area (Å²) in [6.07, 6.45) is 0.600. The number of anilines is 1. The predicted octanol–water partition coefficient (Wildman–Crippen LogP) is 3.61. The molecule has 4 rings (SSSR count). The maximum absolute atomic E-state index is 13.3. The maximum atomic E-state index is 13.3. The zero-order valence-corrected chi connectivity index (χ0v) is 17.9. The third kappa shape index (κ3) is 4.49. The Balaban J connectivity index is 1.34. The lowest BCUT2D eigenvalue weighted by molar-refractivity contribution is -0.132. The van der Waals surface area contributed by atoms with Crippen LogP contribution in [0, 0.1) is 5.82 Å². The van der Waals surface area contributed by atoms with Crippen LogP contribution in [0.5, 0.6) is 5.75 Å². The fourth-order valence-electron chi connectivity index (χ4n) is 3.54. The van der Waals surface area contributed by atoms with Gasteiger partial charge in [0, 0.05) is 31.0 Å². The normalized spacial score (nSPS) is 15.0. The van der Waals surface area contributed by atoms with Gasteiger partial charge >= 0.3 is 0 Å². The van der Waals surface area contributed by atoms with Crippen molar-refractivity contribution in [2.75, 3.05) is 18.0 Å². The first-order chi connectivity index (χ1) is 14.7. The van der Waals surface area contributed by atoms with Gasteiger partial charge in [-0.1, -0.05) is 11.6 Å². The van der Waals surface area contributed by atoms with E-state index < -0.39 is 5.60 Å². The largest absolute Gasteiger partial charge is 0.476 e. The summed E-state index contributed by atoms with van der Waals surface area (Å²) in [5.74, 6) is 0.456. The average Bonchev–Trinajstić information content (AvgIpc) is 3.10. The van der Waals surface area contributed by atoms with E-state index in [0.29, 0.717) is 46.3 Å². The minimum Gasteiger partial charge on any atom is -0.476 e. The first-order valence-corrected chi connectivity index (χ1v) is 10.3. The highest BCUT2D eigenvalue weighted by Crippen LogP contribution is 2.39. The first-order valence-electron chi connectivity index (χ1n) is 9.94. The summed E-state index contributed by atoms with van der Waals surface area (Å²) in [6.45, 7) is 3.96. The topological polar surface area (TPSA) is 87.3 Å². The molecule has 0 bridgehead atoms. The van der Waals surface area contributed by atoms with Crippen LogP contribution in [-0.2, 0) is 16.0 Å². The highest BCUT2D eigenvalue weighted by Gasteiger charge is 2.40. The Morgan fingerprint density at radius 3 is 2.90 bits per heavy atom. The number of fused-ring (bicyclic) bond motifs is 2. The number of benzene rings is 2. The summed E-state index contributed by atoms with van der Waals surface area (Å²) in [7, 11) is 0. The molecule has 162 valence electrons. The van der Waals surface area contributed by atoms with Crippen molar-refractivity contribution in [3.05, 3.63) is 53.1 Å². The Labute approximate surface area is 183 Å². The number of hydrogen-bond donors (Lipinski definition) is 2. The van der Waals surface area contributed by atoms with Crippen molar-refractivity contribution in [2.24, 2.45) is 0 Å². The second kappa shape index (κ2) is 8.19. The molecule has 3 aromatic rings. The van der Waals surface area contributed by atoms with E-state index in [1.807, 2.05) is 0 Å². The van der Waals surface area contributed by atoms with Crippen LogP contribution < -0.4 is 15.0 Å². The van der Waals surface area contributed by atoms with Gasteiger partial charge in [-0.2, -0.15) is 0 Å². The molecule has 0 saturated carbocycles. The van der Waals surface area contributed by atoms with Gasteiger partial charge in [0.05, 0.1) is 16.7 Å². The number of hydrogen-bond acceptors (Lipinski definition) is 4. The Morgan fingerprint density at radius 1 is 1.29 bits per heavy atom. The van der Waals surface area contributed by atoms with E-state index in [4.69, 9.17) is 16.3 Å². The number of aromatic nitrogens is 2. The molecule has 2 N–H and O–H groups in total. The van der Waals surface area contributed by atoms with Gasteiger partial charge in [0.25, 0.3) is 5.91 Å². The third-order valence-electron chi connectivity index (χ3n) is 5.08. The third-order valence-corrected chi connectivity index (χ3v) is 5.31. The summed E-state index contributed by atoms with van der Waals surface area (Å²) >= 11 is 6.09. The number of carbonyl (C=O) groups is 2. The van der Waals surface area contributed by atoms with Crippen molar-refractivity contribution in [2.45, 2.75) is 32.3 Å². The van der Waals surface area contributed by atoms with E-state index in [1.54, 1.807) is 38.1 Å². The second-order valence-electron chi connectivity index (χ2n) is 7.88. The Hall–Kier alpha value is -3.13. The molecule has 0 spiro atoms. The fraction of sp³-hybridized carbons (Fsp3) is 0.318. The van der Waals surface area contributed by atoms with Crippen LogP contribution in [0.15, 0.2) is 36.4 Å². The molecule has 0 atom stereocenters. The van der Waals surface area contributed by atoms with Gasteiger partial charge in [-0.05, 0) is 50.2 Å². The van der Waals surface area contributed by atoms with Gasteiger partial charge in [0.2, 0.25) is 5.91 Å². The second-order valence-corrected chi connectivity index (χ2v) is 8.31. The quantitative estimate of drug-likeness (QED) is 0.608. The molecule has 9 heteroatoms. The molecule has 0 unspecified atom stereocenters. The zero-order valence-electron chi connectivity index (χ0n) is 17.2. The molecule has 2 heterocycles. The Morgan fingerprint density at radius 2 is 2.10 bits per heavy atom. The summed E-state index contributed by atoms with van der Waals surface area (Å²) < 4.78 is 19.1. The van der Waals surface area contributed by atoms with Gasteiger partial charge in [-0.15, -0.1) is 0 Å². The molecule has 1 aromatic heterocycles. The van der Waals surface area contributed by atoms with Gasteiger partial charge in [0.1, 0.15) is 17.4 Å². The molecule has 2 amide bonds. The predicted molar refractivity (Wildman–Crippen MR) is 116 cm³/mol. The van der Waals surface area contributed by atoms with Crippen molar-refractivity contribution in [1.29, 1.82) is 0 Å². The number of amides is 2. The van der Waals surface area contributed by atoms with Crippen molar-refractivity contribution < 1.29 is 18.7 Å². The summed E-state index contributed by atoms with van der Waals surface area (Å²) in [4.78, 5) is 34.1. The SMILES string of the molecule is CC1(C)Oc2ccc(Cl)cc2N(CCC(=O)NCCc2nc3ccc(F)cc3[nH]2)C1=O. The van der Waals surface area contributed by atoms with Crippen LogP contribution in [0.4, 0.5) is 10.1 Å². The van der Waals surface area contributed by atoms with Gasteiger partial charge < -0.3 is 19.9 Å². The number of imidazole rings is 1. The fourth-order valence-corrected chi connectivity index (χ4v) is 3.70. The van der Waals surface area contributed by atoms with Gasteiger partial charge in [-0.25, -0.2) is 9.37 Å². The van der Waals surface area contributed by atoms with Gasteiger partial charge in [-0.3, -0.25) is 9.59 Å². The molecule has 1 aliphatic rings. The number of nitrogens with zero attached hydrogens (tertiary/aromatic N) is 2. The lowest BCUT2D eigenvalue weighted by Gasteiger charge is -2.38. The Kier molecular flexibility index (Phi) is 5.58. The van der Waals surface area contributed by atoms with E-state index in [0.717, 1.165) is 0 Å². The van der Waals surface area contributed by atoms with Crippen LogP contribution >= 0.6 is 11.6 Å². The van der Waals surface area contributed by atoms with Crippen LogP contribution in [0.3, 0.4) is 0 Å². The standard InChI is InChI=1S/C22H22ClFN4O3/c1-22(2)21(30)28(17-11-13(23)3-6-18(17)31-22)10-8-20(29)25-9-7-19-26-15-5-4-14(24)12-16(15)27-19/h3-6,11-12H,7-10H2,1-2H3,(H,25,29)(H,26,27). The minimum atomic E-state index is -1.03. The number of ether oxygens (including phenoxy) is 1. The smallest absolute Gasteiger partial charge is 0.270 e. The minimum absolute atomic E-state index is 0.124. The molecule has 31 heavy (non-hydrogen) atoms. The summed E-state index contributed by atoms with van der Waals surface area (Å²) in [6, 6.07) is 9.42. The van der Waals surface area contributed by atoms with E-state index in [-0.39, 0.29) is 30.6 Å². The van der Waals surface area contributed by atoms with Crippen LogP contribution in [0.25, 0.3) is 11.0 Å². The molecular formula is C22H22ClFN4O3. The molecule has 0 radical (unpaired) electrons. The van der Waals surface area contributed by atoms with Gasteiger partial charge in [0.15, 0.2) is 5.60 Å². The first kappa shape index (κ1) is 21.1. The maximum Gasteiger partial charge on any atom is 0.270 e. The van der Waals surface area contributed by atoms with Crippen molar-refractivity contribution in [1.82, 2.24) is 15.3 Å². The highest BCUT2D eigenvalue weighted by molar-refractivity contribution is 6.31. The van der Waals surface area contributed by atoms with Crippen molar-refractivity contribution in [3.8, 4) is 5.75 Å². The molecule has 2 aromatic carbocycles. The van der Waals surface area contributed by atoms with Crippen LogP contribution in [0.1, 0.15) is 26.1 Å². The number of rotatable bonds is 6. The van der Waals surface area contributed by atoms with Crippen molar-refractivity contribution in [3.63, 3.8) is 0 Å². The molecule has 1 aliphatic heterocycles. The van der Waals surface area contributed by atoms with E-state index in [1.165, 1.54) is 17.0 Å². The molecule has 0 aliphatic carbocycles. The number of halogens is 2. The van der Waals surface area contributed by atoms with Crippen LogP contribution in [-0.4, -0.2) is 40.5 Å².